The molecule has 0 aliphatic heterocycles. The molecule has 0 unspecified atom stereocenters. The molecule has 0 heterocycles. The van der Waals surface area contributed by atoms with Crippen LogP contribution in [0.2, 0.25) is 0 Å². The van der Waals surface area contributed by atoms with Gasteiger partial charge < -0.3 is 14.9 Å². The fraction of sp³-hybridized carbons (Fsp3) is 0.185. The van der Waals surface area contributed by atoms with E-state index in [1.165, 1.54) is 152 Å². The van der Waals surface area contributed by atoms with Crippen LogP contribution in [0.25, 0.3) is 66.1 Å². The molecule has 296 valence electrons. The second-order valence-corrected chi connectivity index (χ2v) is 15.2. The maximum Gasteiger partial charge on any atom is -0.0279 e. The Kier molecular flexibility index (Phi) is 18.2. The summed E-state index contributed by atoms with van der Waals surface area (Å²) in [6.45, 7) is 3.06. The van der Waals surface area contributed by atoms with Gasteiger partial charge in [0.25, 0.3) is 0 Å². The van der Waals surface area contributed by atoms with E-state index in [1.807, 2.05) is 0 Å². The van der Waals surface area contributed by atoms with E-state index in [4.69, 9.17) is 0 Å². The molecule has 0 atom stereocenters. The van der Waals surface area contributed by atoms with E-state index in [1.54, 1.807) is 0 Å². The molecule has 0 bridgehead atoms. The van der Waals surface area contributed by atoms with E-state index >= 15 is 0 Å². The summed E-state index contributed by atoms with van der Waals surface area (Å²) in [5.41, 5.74) is 13.6. The monoisotopic (exact) mass is 890 g/mol. The summed E-state index contributed by atoms with van der Waals surface area (Å²) in [6.07, 6.45) is 10.9. The van der Waals surface area contributed by atoms with Crippen molar-refractivity contribution in [3.8, 4) is 44.5 Å². The minimum absolute atomic E-state index is 0. The van der Waals surface area contributed by atoms with Crippen LogP contribution in [0.4, 0.5) is 0 Å². The molecule has 2 aliphatic rings. The minimum Gasteiger partial charge on any atom is -0.164 e. The first-order valence-electron chi connectivity index (χ1n) is 19.7. The zero-order chi connectivity index (χ0) is 36.7. The molecule has 0 N–H and O–H groups in total. The molecule has 8 aromatic rings. The van der Waals surface area contributed by atoms with Crippen molar-refractivity contribution in [3.05, 3.63) is 196 Å². The topological polar surface area (TPSA) is 0 Å². The number of fused-ring (bicyclic) bond motifs is 2. The predicted molar refractivity (Wildman–Crippen MR) is 256 cm³/mol. The molecule has 8 aromatic carbocycles. The summed E-state index contributed by atoms with van der Waals surface area (Å²) < 4.78 is 0. The second-order valence-electron chi connectivity index (χ2n) is 15.2. The Morgan fingerprint density at radius 3 is 0.966 bits per heavy atom. The third kappa shape index (κ3) is 10.5. The third-order valence-corrected chi connectivity index (χ3v) is 11.7. The Morgan fingerprint density at radius 1 is 0.414 bits per heavy atom. The first kappa shape index (κ1) is 46.9. The first-order valence-corrected chi connectivity index (χ1v) is 23.9. The first-order chi connectivity index (χ1) is 26.8. The minimum atomic E-state index is 0. The van der Waals surface area contributed by atoms with E-state index in [9.17, 15) is 0 Å². The standard InChI is InChI=1S/2C26H23.2CH3.2ClH.Si.Zr/c2*1-3-10-21(11-4-1)23-14-15-24(22-12-5-2-6-13-22)26-18-20(17-25(23)26)16-19-8-7-9-19;;;;;;/h2*1-6,10-15,17-19H,7-9,16H2;2*1H3;2*1H;;/q4*-1;;;;. The van der Waals surface area contributed by atoms with Crippen LogP contribution in [0, 0.1) is 26.7 Å². The maximum atomic E-state index is 3.06. The number of rotatable bonds is 8. The normalized spacial score (nSPS) is 13.0. The molecular formula is C54H54Cl2SiZr-4. The molecule has 58 heavy (non-hydrogen) atoms. The molecule has 2 fully saturated rings. The number of halogens is 2. The van der Waals surface area contributed by atoms with Crippen LogP contribution in [0.15, 0.2) is 170 Å². The van der Waals surface area contributed by atoms with Gasteiger partial charge in [-0.3, -0.25) is 0 Å². The largest absolute Gasteiger partial charge is 0.164 e. The van der Waals surface area contributed by atoms with E-state index < -0.39 is 0 Å². The molecular weight excluding hydrogens is 839 g/mol. The van der Waals surface area contributed by atoms with E-state index in [0.29, 0.717) is 0 Å². The molecule has 4 heteroatoms. The van der Waals surface area contributed by atoms with E-state index in [-0.39, 0.29) is 39.7 Å². The van der Waals surface area contributed by atoms with Gasteiger partial charge in [0, 0.05) is 0 Å². The quantitative estimate of drug-likeness (QED) is 0.105. The fourth-order valence-electron chi connectivity index (χ4n) is 8.49. The average Bonchev–Trinajstić information content (AvgIpc) is 3.84. The van der Waals surface area contributed by atoms with Crippen LogP contribution in [-0.4, -0.2) is 6.88 Å². The summed E-state index contributed by atoms with van der Waals surface area (Å²) in [4.78, 5) is 0. The van der Waals surface area contributed by atoms with Gasteiger partial charge in [-0.05, 0) is 35.8 Å². The van der Waals surface area contributed by atoms with Crippen LogP contribution in [0.5, 0.6) is 0 Å². The molecule has 0 spiro atoms. The number of benzene rings is 6. The van der Waals surface area contributed by atoms with E-state index in [2.05, 4.69) is 177 Å². The van der Waals surface area contributed by atoms with Gasteiger partial charge in [0.1, 0.15) is 0 Å². The van der Waals surface area contributed by atoms with Crippen molar-refractivity contribution >= 4 is 53.2 Å². The van der Waals surface area contributed by atoms with Crippen LogP contribution in [0.3, 0.4) is 0 Å². The van der Waals surface area contributed by atoms with Crippen LogP contribution in [-0.2, 0) is 36.2 Å². The van der Waals surface area contributed by atoms with Gasteiger partial charge in [0.05, 0.1) is 0 Å². The van der Waals surface area contributed by atoms with Gasteiger partial charge >= 0.3 is 30.2 Å². The zero-order valence-corrected chi connectivity index (χ0v) is 38.9. The van der Waals surface area contributed by atoms with Crippen molar-refractivity contribution in [2.45, 2.75) is 51.4 Å². The second kappa shape index (κ2) is 22.6. The van der Waals surface area contributed by atoms with Gasteiger partial charge in [-0.15, -0.1) is 69.6 Å². The summed E-state index contributed by atoms with van der Waals surface area (Å²) >= 11 is 1.36. The smallest absolute Gasteiger partial charge is 0.0279 e. The van der Waals surface area contributed by atoms with Crippen LogP contribution in [0.1, 0.15) is 49.7 Å². The van der Waals surface area contributed by atoms with E-state index in [0.717, 1.165) is 11.8 Å². The van der Waals surface area contributed by atoms with Gasteiger partial charge in [-0.25, -0.2) is 0 Å². The molecule has 10 rings (SSSR count). The number of hydrogen-bond acceptors (Lipinski definition) is 0. The van der Waals surface area contributed by atoms with Crippen molar-refractivity contribution in [3.63, 3.8) is 0 Å². The third-order valence-electron chi connectivity index (χ3n) is 11.7. The fourth-order valence-corrected chi connectivity index (χ4v) is 8.49. The van der Waals surface area contributed by atoms with Gasteiger partial charge in [0.2, 0.25) is 0 Å². The Morgan fingerprint density at radius 2 is 0.690 bits per heavy atom. The molecule has 0 amide bonds. The van der Waals surface area contributed by atoms with Gasteiger partial charge in [-0.2, -0.15) is 12.1 Å². The summed E-state index contributed by atoms with van der Waals surface area (Å²) in [5, 5.41) is 5.58. The summed E-state index contributed by atoms with van der Waals surface area (Å²) in [5.74, 6) is 1.79. The molecule has 0 nitrogen and oxygen atoms in total. The van der Waals surface area contributed by atoms with Gasteiger partial charge in [0.15, 0.2) is 0 Å². The number of hydrogen-bond donors (Lipinski definition) is 0. The SMILES string of the molecule is Cl.Cl.[CH3-].[CH3-].[Si]=[Zr].c1ccc(-c2ccc(-c3ccccc3)c3[cH-]c(CC4CCC4)cc23)cc1.c1ccc(-c2ccc(-c3ccccc3)c3[cH-]c(CC4CCC4)cc23)cc1. The van der Waals surface area contributed by atoms with Crippen molar-refractivity contribution in [2.24, 2.45) is 11.8 Å². The van der Waals surface area contributed by atoms with Crippen LogP contribution >= 0.6 is 24.8 Å². The summed E-state index contributed by atoms with van der Waals surface area (Å²) in [6, 6.07) is 62.1. The van der Waals surface area contributed by atoms with Crippen molar-refractivity contribution in [1.29, 1.82) is 0 Å². The maximum absolute atomic E-state index is 3.06. The Labute approximate surface area is 377 Å². The van der Waals surface area contributed by atoms with Crippen LogP contribution < -0.4 is 0 Å². The molecule has 0 saturated heterocycles. The van der Waals surface area contributed by atoms with Crippen molar-refractivity contribution in [2.75, 3.05) is 0 Å². The van der Waals surface area contributed by atoms with Crippen molar-refractivity contribution < 1.29 is 23.3 Å². The Balaban J connectivity index is 0.000000231. The predicted octanol–water partition coefficient (Wildman–Crippen LogP) is 15.8. The van der Waals surface area contributed by atoms with Gasteiger partial charge in [-0.1, -0.05) is 217 Å². The average molecular weight is 893 g/mol. The van der Waals surface area contributed by atoms with Crippen molar-refractivity contribution in [1.82, 2.24) is 0 Å². The molecule has 2 radical (unpaired) electrons. The Hall–Kier alpha value is -3.78. The summed E-state index contributed by atoms with van der Waals surface area (Å²) in [7, 11) is 0. The molecule has 0 aromatic heterocycles. The zero-order valence-electron chi connectivity index (χ0n) is 33.8. The Bertz CT molecular complexity index is 2100. The molecule has 2 aliphatic carbocycles. The molecule has 2 saturated carbocycles.